The minimum atomic E-state index is -0.142. The van der Waals surface area contributed by atoms with Gasteiger partial charge in [0.25, 0.3) is 5.91 Å². The first-order valence-corrected chi connectivity index (χ1v) is 9.77. The van der Waals surface area contributed by atoms with Crippen molar-refractivity contribution in [3.05, 3.63) is 46.5 Å². The van der Waals surface area contributed by atoms with Crippen LogP contribution in [0, 0.1) is 0 Å². The first kappa shape index (κ1) is 16.5. The molecule has 1 atom stereocenters. The average Bonchev–Trinajstić information content (AvgIpc) is 3.43. The Morgan fingerprint density at radius 3 is 2.88 bits per heavy atom. The average molecular weight is 357 g/mol. The SMILES string of the molecule is CN(CC(=O)N1N=C(c2cccs2)C[C@@H]1c1ccco1)C1CCCC1. The Labute approximate surface area is 151 Å². The van der Waals surface area contributed by atoms with Gasteiger partial charge in [0.1, 0.15) is 11.8 Å². The van der Waals surface area contributed by atoms with Crippen LogP contribution in [0.2, 0.25) is 0 Å². The highest BCUT2D eigenvalue weighted by Gasteiger charge is 2.36. The number of hydrogen-bond donors (Lipinski definition) is 0. The van der Waals surface area contributed by atoms with Crippen molar-refractivity contribution in [3.63, 3.8) is 0 Å². The smallest absolute Gasteiger partial charge is 0.257 e. The maximum absolute atomic E-state index is 13.0. The second kappa shape index (κ2) is 7.14. The van der Waals surface area contributed by atoms with Crippen molar-refractivity contribution < 1.29 is 9.21 Å². The number of carbonyl (C=O) groups excluding carboxylic acids is 1. The largest absolute Gasteiger partial charge is 0.467 e. The van der Waals surface area contributed by atoms with Crippen molar-refractivity contribution in [1.82, 2.24) is 9.91 Å². The molecule has 0 saturated heterocycles. The van der Waals surface area contributed by atoms with Gasteiger partial charge in [-0.2, -0.15) is 5.10 Å². The monoisotopic (exact) mass is 357 g/mol. The van der Waals surface area contributed by atoms with Crippen molar-refractivity contribution in [3.8, 4) is 0 Å². The van der Waals surface area contributed by atoms with Crippen LogP contribution in [0.25, 0.3) is 0 Å². The Balaban J connectivity index is 1.53. The number of nitrogens with zero attached hydrogens (tertiary/aromatic N) is 3. The molecule has 0 N–H and O–H groups in total. The molecule has 0 spiro atoms. The van der Waals surface area contributed by atoms with Crippen LogP contribution in [0.3, 0.4) is 0 Å². The number of amides is 1. The highest BCUT2D eigenvalue weighted by molar-refractivity contribution is 7.12. The third-order valence-corrected chi connectivity index (χ3v) is 6.09. The van der Waals surface area contributed by atoms with Gasteiger partial charge in [0.05, 0.1) is 23.4 Å². The fourth-order valence-corrected chi connectivity index (χ4v) is 4.52. The number of carbonyl (C=O) groups is 1. The van der Waals surface area contributed by atoms with Crippen LogP contribution in [-0.2, 0) is 4.79 Å². The van der Waals surface area contributed by atoms with Crippen LogP contribution in [0.4, 0.5) is 0 Å². The Morgan fingerprint density at radius 2 is 2.20 bits per heavy atom. The van der Waals surface area contributed by atoms with Gasteiger partial charge in [0.15, 0.2) is 0 Å². The molecule has 0 unspecified atom stereocenters. The van der Waals surface area contributed by atoms with Crippen molar-refractivity contribution in [2.75, 3.05) is 13.6 Å². The minimum absolute atomic E-state index is 0.0438. The molecule has 0 radical (unpaired) electrons. The predicted molar refractivity (Wildman–Crippen MR) is 98.7 cm³/mol. The van der Waals surface area contributed by atoms with Crippen LogP contribution in [-0.4, -0.2) is 41.2 Å². The normalized spacial score (nSPS) is 21.3. The summed E-state index contributed by atoms with van der Waals surface area (Å²) in [5.41, 5.74) is 0.966. The number of hydrazone groups is 1. The zero-order valence-electron chi connectivity index (χ0n) is 14.4. The molecule has 3 heterocycles. The second-order valence-corrected chi connectivity index (χ2v) is 7.80. The van der Waals surface area contributed by atoms with Gasteiger partial charge in [-0.15, -0.1) is 11.3 Å². The molecule has 2 aromatic heterocycles. The summed E-state index contributed by atoms with van der Waals surface area (Å²) in [6, 6.07) is 8.25. The van der Waals surface area contributed by atoms with Crippen LogP contribution < -0.4 is 0 Å². The number of hydrogen-bond acceptors (Lipinski definition) is 5. The molecular formula is C19H23N3O2S. The van der Waals surface area contributed by atoms with Gasteiger partial charge in [-0.05, 0) is 43.5 Å². The Morgan fingerprint density at radius 1 is 1.36 bits per heavy atom. The highest BCUT2D eigenvalue weighted by atomic mass is 32.1. The van der Waals surface area contributed by atoms with E-state index in [1.54, 1.807) is 22.6 Å². The number of thiophene rings is 1. The van der Waals surface area contributed by atoms with E-state index >= 15 is 0 Å². The standard InChI is InChI=1S/C19H23N3O2S/c1-21(14-6-2-3-7-14)13-19(23)22-16(17-8-4-10-24-17)12-15(20-22)18-9-5-11-25-18/h4-5,8-11,14,16H,2-3,6-7,12-13H2,1H3/t16-/m1/s1. The van der Waals surface area contributed by atoms with E-state index < -0.39 is 0 Å². The maximum Gasteiger partial charge on any atom is 0.257 e. The summed E-state index contributed by atoms with van der Waals surface area (Å²) in [6.07, 6.45) is 7.27. The molecule has 4 rings (SSSR count). The van der Waals surface area contributed by atoms with Gasteiger partial charge in [-0.3, -0.25) is 9.69 Å². The third kappa shape index (κ3) is 3.41. The maximum atomic E-state index is 13.0. The quantitative estimate of drug-likeness (QED) is 0.815. The van der Waals surface area contributed by atoms with Crippen LogP contribution in [0.5, 0.6) is 0 Å². The molecular weight excluding hydrogens is 334 g/mol. The summed E-state index contributed by atoms with van der Waals surface area (Å²) in [6.45, 7) is 0.406. The van der Waals surface area contributed by atoms with E-state index in [2.05, 4.69) is 23.1 Å². The Kier molecular flexibility index (Phi) is 4.72. The molecule has 0 bridgehead atoms. The van der Waals surface area contributed by atoms with Gasteiger partial charge in [-0.1, -0.05) is 18.9 Å². The van der Waals surface area contributed by atoms with E-state index in [-0.39, 0.29) is 11.9 Å². The zero-order valence-corrected chi connectivity index (χ0v) is 15.2. The highest BCUT2D eigenvalue weighted by Crippen LogP contribution is 2.34. The first-order chi connectivity index (χ1) is 12.2. The first-order valence-electron chi connectivity index (χ1n) is 8.89. The van der Waals surface area contributed by atoms with Crippen LogP contribution in [0.1, 0.15) is 48.8 Å². The summed E-state index contributed by atoms with van der Waals surface area (Å²) < 4.78 is 5.59. The van der Waals surface area contributed by atoms with Crippen molar-refractivity contribution in [2.45, 2.75) is 44.2 Å². The van der Waals surface area contributed by atoms with Crippen LogP contribution in [0.15, 0.2) is 45.4 Å². The molecule has 1 saturated carbocycles. The third-order valence-electron chi connectivity index (χ3n) is 5.18. The summed E-state index contributed by atoms with van der Waals surface area (Å²) >= 11 is 1.66. The lowest BCUT2D eigenvalue weighted by Crippen LogP contribution is -2.40. The minimum Gasteiger partial charge on any atom is -0.467 e. The van der Waals surface area contributed by atoms with Crippen molar-refractivity contribution in [1.29, 1.82) is 0 Å². The van der Waals surface area contributed by atoms with Gasteiger partial charge in [0.2, 0.25) is 0 Å². The molecule has 1 amide bonds. The van der Waals surface area contributed by atoms with E-state index in [1.807, 2.05) is 23.6 Å². The Bertz CT molecular complexity index is 733. The topological polar surface area (TPSA) is 49.1 Å². The molecule has 2 aromatic rings. The van der Waals surface area contributed by atoms with E-state index in [1.165, 1.54) is 25.7 Å². The summed E-state index contributed by atoms with van der Waals surface area (Å²) in [7, 11) is 2.05. The van der Waals surface area contributed by atoms with E-state index in [4.69, 9.17) is 4.42 Å². The number of rotatable bonds is 5. The molecule has 25 heavy (non-hydrogen) atoms. The molecule has 5 nitrogen and oxygen atoms in total. The molecule has 1 fully saturated rings. The lowest BCUT2D eigenvalue weighted by atomic mass is 10.1. The van der Waals surface area contributed by atoms with Crippen LogP contribution >= 0.6 is 11.3 Å². The molecule has 2 aliphatic rings. The molecule has 0 aromatic carbocycles. The number of furan rings is 1. The van der Waals surface area contributed by atoms with E-state index in [9.17, 15) is 4.79 Å². The van der Waals surface area contributed by atoms with Gasteiger partial charge in [0, 0.05) is 12.5 Å². The molecule has 1 aliphatic heterocycles. The molecule has 6 heteroatoms. The zero-order chi connectivity index (χ0) is 17.2. The van der Waals surface area contributed by atoms with E-state index in [0.717, 1.165) is 16.3 Å². The second-order valence-electron chi connectivity index (χ2n) is 6.85. The fourth-order valence-electron chi connectivity index (χ4n) is 3.79. The van der Waals surface area contributed by atoms with Crippen molar-refractivity contribution in [2.24, 2.45) is 5.10 Å². The van der Waals surface area contributed by atoms with Gasteiger partial charge < -0.3 is 4.42 Å². The molecule has 1 aliphatic carbocycles. The molecule has 132 valence electrons. The Hall–Kier alpha value is -1.92. The van der Waals surface area contributed by atoms with Crippen molar-refractivity contribution >= 4 is 23.0 Å². The fraction of sp³-hybridized carbons (Fsp3) is 0.474. The number of likely N-dealkylation sites (N-methyl/N-ethyl adjacent to an activating group) is 1. The van der Waals surface area contributed by atoms with E-state index in [0.29, 0.717) is 19.0 Å². The predicted octanol–water partition coefficient (Wildman–Crippen LogP) is 3.89. The summed E-state index contributed by atoms with van der Waals surface area (Å²) in [4.78, 5) is 16.3. The lowest BCUT2D eigenvalue weighted by molar-refractivity contribution is -0.134. The lowest BCUT2D eigenvalue weighted by Gasteiger charge is -2.26. The summed E-state index contributed by atoms with van der Waals surface area (Å²) in [5.74, 6) is 0.842. The van der Waals surface area contributed by atoms with Gasteiger partial charge >= 0.3 is 0 Å². The summed E-state index contributed by atoms with van der Waals surface area (Å²) in [5, 5.41) is 8.35. The van der Waals surface area contributed by atoms with Gasteiger partial charge in [-0.25, -0.2) is 5.01 Å².